The molecular weight excluding hydrogens is 1440 g/mol. The van der Waals surface area contributed by atoms with Crippen LogP contribution in [0.5, 0.6) is 0 Å². The SMILES string of the molecule is CN[C@H](CSCC1O[C@H]2O[C@@H]3C(CO)O[C@H](O[C@@H]4C(CO)O[C@H](O[C@@H]5C(CO)O[C@H](O[C@@H]6C(CSC[C@@H](CC(=O)CCOCCOCCC(C)=O)C(=O)O)O[C@H](O[C@@H]7C(CO)O[C@@H](O[C@@H]8C(CO)O[C@@H](O[C@H]1[C@H](O)C2O)C(O)[C@H]8O)C(O)[C@H]7O)C(O)[C@@H]6O)C(O)[C@H]5O)C(O)[C@H]4O)C(O)[C@H]3O)C(=O)O. The van der Waals surface area contributed by atoms with Crippen LogP contribution in [0.3, 0.4) is 0 Å². The van der Waals surface area contributed by atoms with Crippen molar-refractivity contribution in [3.8, 4) is 0 Å². The number of rotatable bonds is 27. The molecule has 14 unspecified atom stereocenters. The molecule has 0 aromatic heterocycles. The average molecular weight is 1540 g/mol. The first-order chi connectivity index (χ1) is 49.0. The Hall–Kier alpha value is -2.46. The maximum Gasteiger partial charge on any atom is 0.321 e. The van der Waals surface area contributed by atoms with Crippen molar-refractivity contribution in [1.82, 2.24) is 5.32 Å². The van der Waals surface area contributed by atoms with E-state index in [1.54, 1.807) is 0 Å². The molecule has 0 spiro atoms. The summed E-state index contributed by atoms with van der Waals surface area (Å²) in [5.41, 5.74) is 0. The summed E-state index contributed by atoms with van der Waals surface area (Å²) >= 11 is 1.66. The van der Waals surface area contributed by atoms with Crippen molar-refractivity contribution in [2.24, 2.45) is 5.92 Å². The van der Waals surface area contributed by atoms with E-state index in [0.717, 1.165) is 23.5 Å². The van der Waals surface area contributed by atoms with Gasteiger partial charge in [-0.15, -0.1) is 0 Å². The summed E-state index contributed by atoms with van der Waals surface area (Å²) in [7, 11) is 1.35. The molecule has 0 aliphatic carbocycles. The number of carboxylic acids is 2. The summed E-state index contributed by atoms with van der Waals surface area (Å²) in [6, 6.07) is -1.18. The molecule has 14 bridgehead atoms. The van der Waals surface area contributed by atoms with Crippen LogP contribution in [-0.2, 0) is 95.0 Å². The van der Waals surface area contributed by atoms with Crippen LogP contribution in [0.1, 0.15) is 26.2 Å². The van der Waals surface area contributed by atoms with Gasteiger partial charge in [0.2, 0.25) is 0 Å². The summed E-state index contributed by atoms with van der Waals surface area (Å²) in [4.78, 5) is 48.7. The number of hydrogen-bond acceptors (Lipinski definition) is 42. The Balaban J connectivity index is 1.08. The number of aliphatic hydroxyl groups is 19. The molecule has 21 aliphatic heterocycles. The third-order valence-electron chi connectivity index (χ3n) is 18.6. The van der Waals surface area contributed by atoms with E-state index < -0.39 is 290 Å². The Labute approximate surface area is 595 Å². The number of carbonyl (C=O) groups excluding carboxylic acids is 2. The molecule has 22 N–H and O–H groups in total. The molecule has 21 saturated heterocycles. The molecule has 21 fully saturated rings. The normalized spacial score (nSPS) is 44.9. The average Bonchev–Trinajstić information content (AvgIpc) is 0.785. The highest BCUT2D eigenvalue weighted by atomic mass is 32.2. The van der Waals surface area contributed by atoms with Crippen LogP contribution in [0, 0.1) is 5.92 Å². The van der Waals surface area contributed by atoms with Crippen molar-refractivity contribution in [1.29, 1.82) is 0 Å². The maximum absolute atomic E-state index is 13.0. The number of carboxylic acid groups (broad SMARTS) is 2. The minimum Gasteiger partial charge on any atom is -0.481 e. The van der Waals surface area contributed by atoms with Gasteiger partial charge in [-0.3, -0.25) is 19.2 Å². The van der Waals surface area contributed by atoms with Crippen molar-refractivity contribution in [2.75, 3.05) is 89.5 Å². The van der Waals surface area contributed by atoms with E-state index in [2.05, 4.69) is 5.32 Å². The second-order valence-electron chi connectivity index (χ2n) is 25.7. The number of ether oxygens (including phenoxy) is 16. The molecule has 0 amide bonds. The molecule has 44 heteroatoms. The summed E-state index contributed by atoms with van der Waals surface area (Å²) in [6.45, 7) is -3.91. The van der Waals surface area contributed by atoms with Crippen LogP contribution in [0.25, 0.3) is 0 Å². The highest BCUT2D eigenvalue weighted by Crippen LogP contribution is 2.40. The summed E-state index contributed by atoms with van der Waals surface area (Å²) in [6.07, 6.45) is -73.1. The fourth-order valence-corrected chi connectivity index (χ4v) is 15.0. The molecule has 0 radical (unpaired) electrons. The first kappa shape index (κ1) is 86.1. The Bertz CT molecular complexity index is 2610. The Morgan fingerprint density at radius 3 is 0.845 bits per heavy atom. The van der Waals surface area contributed by atoms with Gasteiger partial charge in [-0.1, -0.05) is 0 Å². The van der Waals surface area contributed by atoms with Crippen LogP contribution < -0.4 is 5.32 Å². The van der Waals surface area contributed by atoms with Gasteiger partial charge in [-0.2, -0.15) is 23.5 Å². The molecule has 21 rings (SSSR count). The second kappa shape index (κ2) is 40.0. The van der Waals surface area contributed by atoms with Gasteiger partial charge < -0.3 is 188 Å². The lowest BCUT2D eigenvalue weighted by Crippen LogP contribution is -2.68. The predicted octanol–water partition coefficient (Wildman–Crippen LogP) is -13.0. The molecule has 42 nitrogen and oxygen atoms in total. The lowest BCUT2D eigenvalue weighted by atomic mass is 9.95. The second-order valence-corrected chi connectivity index (χ2v) is 27.9. The summed E-state index contributed by atoms with van der Waals surface area (Å²) in [5, 5.41) is 239. The molecule has 37 atom stereocenters. The van der Waals surface area contributed by atoms with E-state index >= 15 is 0 Å². The number of aliphatic hydroxyl groups excluding tert-OH is 19. The summed E-state index contributed by atoms with van der Waals surface area (Å²) in [5.74, 6) is -6.08. The lowest BCUT2D eigenvalue weighted by Gasteiger charge is -2.50. The molecule has 0 aromatic carbocycles. The molecule has 596 valence electrons. The Morgan fingerprint density at radius 2 is 0.602 bits per heavy atom. The third-order valence-corrected chi connectivity index (χ3v) is 20.9. The van der Waals surface area contributed by atoms with Crippen molar-refractivity contribution in [3.05, 3.63) is 0 Å². The zero-order chi connectivity index (χ0) is 75.4. The number of Topliss-reactive ketones (excluding diaryl/α,β-unsaturated/α-hetero) is 2. The zero-order valence-corrected chi connectivity index (χ0v) is 57.2. The summed E-state index contributed by atoms with van der Waals surface area (Å²) < 4.78 is 93.3. The first-order valence-electron chi connectivity index (χ1n) is 33.2. The van der Waals surface area contributed by atoms with Crippen LogP contribution in [-0.4, -0.2) is 441 Å². The number of ketones is 2. The van der Waals surface area contributed by atoms with Gasteiger partial charge >= 0.3 is 11.9 Å². The number of likely N-dealkylation sites (N-methyl/N-ethyl adjacent to an activating group) is 1. The van der Waals surface area contributed by atoms with Crippen LogP contribution >= 0.6 is 23.5 Å². The van der Waals surface area contributed by atoms with Crippen LogP contribution in [0.4, 0.5) is 0 Å². The lowest BCUT2D eigenvalue weighted by molar-refractivity contribution is -0.395. The predicted molar refractivity (Wildman–Crippen MR) is 332 cm³/mol. The van der Waals surface area contributed by atoms with Gasteiger partial charge in [0.05, 0.1) is 77.6 Å². The van der Waals surface area contributed by atoms with Gasteiger partial charge in [-0.25, -0.2) is 0 Å². The highest BCUT2D eigenvalue weighted by Gasteiger charge is 2.60. The number of aliphatic carboxylic acids is 2. The fraction of sp³-hybridized carbons (Fsp3) is 0.932. The number of thioether (sulfide) groups is 2. The quantitative estimate of drug-likeness (QED) is 0.0340. The smallest absolute Gasteiger partial charge is 0.321 e. The van der Waals surface area contributed by atoms with Gasteiger partial charge in [-0.05, 0) is 14.0 Å². The van der Waals surface area contributed by atoms with Gasteiger partial charge in [0, 0.05) is 42.3 Å². The minimum atomic E-state index is -2.31. The monoisotopic (exact) mass is 1540 g/mol. The number of nitrogens with one attached hydrogen (secondary N) is 1. The van der Waals surface area contributed by atoms with Crippen LogP contribution in [0.2, 0.25) is 0 Å². The standard InChI is InChI=1S/C59H97NO41S2/c1-19(66)3-5-86-7-8-87-6-4-21(67)9-20(51(82)83)15-102-17-28-49-35(73)42(80)58(93-28)98-47-26(13-64)89-55(38(76)31(47)69)97-46-25(12-63)92-57(41(79)34(46)72)101-50-29(18-103-16-22(60-2)52(84)85)94-59(43(81)36(50)74)99-48-27(14-65)90-54(39(77)32(48)70)95-44-23(10-61)88-53(37(75)30(44)68)96-45-24(11-62)91-56(100-49)40(78)33(45)71/h20,22-50,53-65,68-81H,3-18H2,1-2H3,(H,82,83)(H,84,85)/t20-,22-,23?,24?,25?,26?,27?,28?,29?,30-,31-,32-,33-,34-,35+,36-,37?,38?,39?,40?,41?,42?,43?,44-,45-,46-,47-,48-,49-,50-,53-,54-,55+,56-,57+,58-,59+/m1/s1. The largest absolute Gasteiger partial charge is 0.481 e. The Morgan fingerprint density at radius 1 is 0.350 bits per heavy atom. The molecule has 21 heterocycles. The maximum atomic E-state index is 13.0. The topological polar surface area (TPSA) is 653 Å². The van der Waals surface area contributed by atoms with E-state index in [4.69, 9.17) is 75.8 Å². The van der Waals surface area contributed by atoms with E-state index in [-0.39, 0.29) is 62.3 Å². The number of hydrogen-bond donors (Lipinski definition) is 22. The first-order valence-corrected chi connectivity index (χ1v) is 35.5. The molecule has 21 aliphatic rings. The van der Waals surface area contributed by atoms with Crippen molar-refractivity contribution >= 4 is 47.0 Å². The van der Waals surface area contributed by atoms with Crippen molar-refractivity contribution in [2.45, 2.75) is 247 Å². The molecular formula is C59H97NO41S2. The Kier molecular flexibility index (Phi) is 33.4. The van der Waals surface area contributed by atoms with Crippen molar-refractivity contribution in [3.63, 3.8) is 0 Å². The fourth-order valence-electron chi connectivity index (χ4n) is 12.6. The van der Waals surface area contributed by atoms with Crippen LogP contribution in [0.15, 0.2) is 0 Å². The van der Waals surface area contributed by atoms with E-state index in [1.807, 2.05) is 0 Å². The molecule has 0 saturated carbocycles. The molecule has 103 heavy (non-hydrogen) atoms. The van der Waals surface area contributed by atoms with E-state index in [9.17, 15) is 126 Å². The zero-order valence-electron chi connectivity index (χ0n) is 55.5. The van der Waals surface area contributed by atoms with Gasteiger partial charge in [0.1, 0.15) is 176 Å². The molecule has 0 aromatic rings. The van der Waals surface area contributed by atoms with E-state index in [1.165, 1.54) is 14.0 Å². The van der Waals surface area contributed by atoms with Gasteiger partial charge in [0.25, 0.3) is 0 Å². The number of carbonyl (C=O) groups is 4. The van der Waals surface area contributed by atoms with Crippen molar-refractivity contribution < 1.29 is 202 Å². The highest BCUT2D eigenvalue weighted by molar-refractivity contribution is 7.99. The van der Waals surface area contributed by atoms with Gasteiger partial charge in [0.15, 0.2) is 44.0 Å². The van der Waals surface area contributed by atoms with E-state index in [0.29, 0.717) is 0 Å². The third kappa shape index (κ3) is 21.0. The minimum absolute atomic E-state index is 0.0645.